The van der Waals surface area contributed by atoms with Crippen molar-refractivity contribution in [2.75, 3.05) is 12.8 Å². The molecule has 0 saturated carbocycles. The summed E-state index contributed by atoms with van der Waals surface area (Å²) in [6.07, 6.45) is 0. The monoisotopic (exact) mass is 290 g/mol. The average Bonchev–Trinajstić information content (AvgIpc) is 2.46. The van der Waals surface area contributed by atoms with E-state index in [0.29, 0.717) is 17.0 Å². The lowest BCUT2D eigenvalue weighted by Crippen LogP contribution is -2.13. The van der Waals surface area contributed by atoms with Crippen LogP contribution in [0.2, 0.25) is 0 Å². The third-order valence-corrected chi connectivity index (χ3v) is 2.88. The van der Waals surface area contributed by atoms with E-state index in [1.54, 1.807) is 18.2 Å². The van der Waals surface area contributed by atoms with Crippen LogP contribution in [0.15, 0.2) is 36.4 Å². The van der Waals surface area contributed by atoms with E-state index in [9.17, 15) is 9.18 Å². The number of nitrogens with two attached hydrogens (primary N) is 2. The van der Waals surface area contributed by atoms with Gasteiger partial charge in [0, 0.05) is 5.69 Å². The van der Waals surface area contributed by atoms with Gasteiger partial charge in [0.1, 0.15) is 12.4 Å². The van der Waals surface area contributed by atoms with E-state index in [0.717, 1.165) is 0 Å². The molecule has 0 radical (unpaired) electrons. The molecule has 4 N–H and O–H groups in total. The van der Waals surface area contributed by atoms with Crippen molar-refractivity contribution in [3.05, 3.63) is 53.3 Å². The molecule has 5 nitrogen and oxygen atoms in total. The smallest absolute Gasteiger partial charge is 0.252 e. The normalized spacial score (nSPS) is 10.2. The predicted molar refractivity (Wildman–Crippen MR) is 76.7 cm³/mol. The van der Waals surface area contributed by atoms with Gasteiger partial charge in [-0.05, 0) is 35.9 Å². The van der Waals surface area contributed by atoms with Gasteiger partial charge in [-0.2, -0.15) is 0 Å². The summed E-state index contributed by atoms with van der Waals surface area (Å²) >= 11 is 0. The number of carbonyl (C=O) groups is 1. The molecule has 2 aromatic rings. The molecular weight excluding hydrogens is 275 g/mol. The fourth-order valence-corrected chi connectivity index (χ4v) is 1.83. The van der Waals surface area contributed by atoms with E-state index in [-0.39, 0.29) is 17.9 Å². The Morgan fingerprint density at radius 1 is 1.19 bits per heavy atom. The highest BCUT2D eigenvalue weighted by molar-refractivity contribution is 5.96. The lowest BCUT2D eigenvalue weighted by Gasteiger charge is -2.11. The molecule has 0 fully saturated rings. The first-order chi connectivity index (χ1) is 10.0. The van der Waals surface area contributed by atoms with Crippen molar-refractivity contribution in [3.63, 3.8) is 0 Å². The minimum atomic E-state index is -0.641. The first-order valence-corrected chi connectivity index (χ1v) is 6.16. The van der Waals surface area contributed by atoms with Crippen LogP contribution < -0.4 is 20.9 Å². The molecule has 6 heteroatoms. The van der Waals surface area contributed by atoms with E-state index in [2.05, 4.69) is 0 Å². The van der Waals surface area contributed by atoms with Crippen LogP contribution in [0.25, 0.3) is 0 Å². The third kappa shape index (κ3) is 3.42. The number of methoxy groups -OCH3 is 1. The molecule has 110 valence electrons. The molecular formula is C15H15FN2O3. The third-order valence-electron chi connectivity index (χ3n) is 2.88. The number of amides is 1. The summed E-state index contributed by atoms with van der Waals surface area (Å²) in [5.74, 6) is -0.666. The molecule has 21 heavy (non-hydrogen) atoms. The molecule has 2 aromatic carbocycles. The lowest BCUT2D eigenvalue weighted by atomic mass is 10.1. The summed E-state index contributed by atoms with van der Waals surface area (Å²) < 4.78 is 23.9. The minimum Gasteiger partial charge on any atom is -0.494 e. The molecule has 1 amide bonds. The zero-order chi connectivity index (χ0) is 15.4. The molecule has 0 aliphatic rings. The largest absolute Gasteiger partial charge is 0.494 e. The highest BCUT2D eigenvalue weighted by Gasteiger charge is 2.11. The van der Waals surface area contributed by atoms with Crippen molar-refractivity contribution in [2.24, 2.45) is 5.73 Å². The Kier molecular flexibility index (Phi) is 4.27. The maximum Gasteiger partial charge on any atom is 0.252 e. The van der Waals surface area contributed by atoms with E-state index < -0.39 is 11.7 Å². The maximum absolute atomic E-state index is 13.6. The van der Waals surface area contributed by atoms with Crippen LogP contribution in [0.4, 0.5) is 10.1 Å². The molecule has 0 spiro atoms. The minimum absolute atomic E-state index is 0.0884. The molecule has 0 saturated heterocycles. The first kappa shape index (κ1) is 14.6. The van der Waals surface area contributed by atoms with Gasteiger partial charge in [-0.3, -0.25) is 4.79 Å². The molecule has 0 heterocycles. The maximum atomic E-state index is 13.6. The van der Waals surface area contributed by atoms with E-state index in [1.165, 1.54) is 25.3 Å². The summed E-state index contributed by atoms with van der Waals surface area (Å²) in [6, 6.07) is 9.06. The van der Waals surface area contributed by atoms with E-state index >= 15 is 0 Å². The number of ether oxygens (including phenoxy) is 2. The van der Waals surface area contributed by atoms with Crippen LogP contribution in [0.1, 0.15) is 15.9 Å². The van der Waals surface area contributed by atoms with Gasteiger partial charge >= 0.3 is 0 Å². The second-order valence-corrected chi connectivity index (χ2v) is 4.38. The van der Waals surface area contributed by atoms with Crippen LogP contribution in [0, 0.1) is 5.82 Å². The van der Waals surface area contributed by atoms with Gasteiger partial charge in [0.15, 0.2) is 11.6 Å². The van der Waals surface area contributed by atoms with Gasteiger partial charge in [0.25, 0.3) is 5.91 Å². The van der Waals surface area contributed by atoms with Crippen LogP contribution in [0.5, 0.6) is 11.5 Å². The summed E-state index contributed by atoms with van der Waals surface area (Å²) in [7, 11) is 1.39. The van der Waals surface area contributed by atoms with Crippen LogP contribution in [-0.4, -0.2) is 13.0 Å². The van der Waals surface area contributed by atoms with Crippen molar-refractivity contribution in [1.29, 1.82) is 0 Å². The second kappa shape index (κ2) is 6.13. The van der Waals surface area contributed by atoms with E-state index in [4.69, 9.17) is 20.9 Å². The number of rotatable bonds is 5. The van der Waals surface area contributed by atoms with Crippen molar-refractivity contribution < 1.29 is 18.7 Å². The number of nitrogen functional groups attached to an aromatic ring is 1. The predicted octanol–water partition coefficient (Wildman–Crippen LogP) is 2.09. The standard InChI is InChI=1S/C15H15FN2O3/c1-20-14-4-2-9(6-12(14)16)8-21-13-5-3-10(17)7-11(13)15(18)19/h2-7H,8,17H2,1H3,(H2,18,19). The van der Waals surface area contributed by atoms with Crippen LogP contribution in [-0.2, 0) is 6.61 Å². The van der Waals surface area contributed by atoms with Gasteiger partial charge in [0.05, 0.1) is 12.7 Å². The first-order valence-electron chi connectivity index (χ1n) is 6.16. The summed E-state index contributed by atoms with van der Waals surface area (Å²) in [5, 5.41) is 0. The van der Waals surface area contributed by atoms with E-state index in [1.807, 2.05) is 0 Å². The Morgan fingerprint density at radius 2 is 1.90 bits per heavy atom. The molecule has 0 unspecified atom stereocenters. The fourth-order valence-electron chi connectivity index (χ4n) is 1.83. The van der Waals surface area contributed by atoms with Crippen molar-refractivity contribution >= 4 is 11.6 Å². The van der Waals surface area contributed by atoms with Crippen molar-refractivity contribution in [3.8, 4) is 11.5 Å². The van der Waals surface area contributed by atoms with Gasteiger partial charge in [0.2, 0.25) is 0 Å². The highest BCUT2D eigenvalue weighted by Crippen LogP contribution is 2.23. The van der Waals surface area contributed by atoms with Crippen molar-refractivity contribution in [1.82, 2.24) is 0 Å². The number of anilines is 1. The Balaban J connectivity index is 2.16. The number of hydrogen-bond acceptors (Lipinski definition) is 4. The second-order valence-electron chi connectivity index (χ2n) is 4.38. The molecule has 0 atom stereocenters. The summed E-state index contributed by atoms with van der Waals surface area (Å²) in [4.78, 5) is 11.3. The van der Waals surface area contributed by atoms with Gasteiger partial charge in [-0.15, -0.1) is 0 Å². The zero-order valence-corrected chi connectivity index (χ0v) is 11.4. The van der Waals surface area contributed by atoms with Crippen LogP contribution >= 0.6 is 0 Å². The van der Waals surface area contributed by atoms with Gasteiger partial charge in [-0.25, -0.2) is 4.39 Å². The van der Waals surface area contributed by atoms with Crippen LogP contribution in [0.3, 0.4) is 0 Å². The number of primary amides is 1. The number of halogens is 1. The number of benzene rings is 2. The topological polar surface area (TPSA) is 87.6 Å². The average molecular weight is 290 g/mol. The lowest BCUT2D eigenvalue weighted by molar-refractivity contribution is 0.0996. The molecule has 0 aliphatic heterocycles. The Hall–Kier alpha value is -2.76. The Bertz CT molecular complexity index is 674. The van der Waals surface area contributed by atoms with Gasteiger partial charge < -0.3 is 20.9 Å². The zero-order valence-electron chi connectivity index (χ0n) is 11.4. The highest BCUT2D eigenvalue weighted by atomic mass is 19.1. The number of carbonyl (C=O) groups excluding carboxylic acids is 1. The van der Waals surface area contributed by atoms with Crippen molar-refractivity contribution in [2.45, 2.75) is 6.61 Å². The molecule has 2 rings (SSSR count). The number of hydrogen-bond donors (Lipinski definition) is 2. The quantitative estimate of drug-likeness (QED) is 0.825. The molecule has 0 aliphatic carbocycles. The Morgan fingerprint density at radius 3 is 2.52 bits per heavy atom. The van der Waals surface area contributed by atoms with Gasteiger partial charge in [-0.1, -0.05) is 6.07 Å². The fraction of sp³-hybridized carbons (Fsp3) is 0.133. The Labute approximate surface area is 121 Å². The SMILES string of the molecule is COc1ccc(COc2ccc(N)cc2C(N)=O)cc1F. The summed E-state index contributed by atoms with van der Waals surface area (Å²) in [6.45, 7) is 0.0884. The summed E-state index contributed by atoms with van der Waals surface area (Å²) in [5.41, 5.74) is 12.1. The molecule has 0 bridgehead atoms. The molecule has 0 aromatic heterocycles.